The predicted molar refractivity (Wildman–Crippen MR) is 65.5 cm³/mol. The molecule has 2 N–H and O–H groups in total. The molecule has 90 valence electrons. The fourth-order valence-corrected chi connectivity index (χ4v) is 2.00. The molecule has 0 aliphatic carbocycles. The Kier molecular flexibility index (Phi) is 3.58. The average molecular weight is 253 g/mol. The van der Waals surface area contributed by atoms with Crippen LogP contribution in [0.15, 0.2) is 18.5 Å². The zero-order valence-corrected chi connectivity index (χ0v) is 10.0. The van der Waals surface area contributed by atoms with E-state index in [0.29, 0.717) is 25.3 Å². The number of amides is 1. The van der Waals surface area contributed by atoms with Gasteiger partial charge in [-0.2, -0.15) is 0 Å². The molecular weight excluding hydrogens is 240 g/mol. The van der Waals surface area contributed by atoms with Crippen LogP contribution in [0.25, 0.3) is 11.0 Å². The number of halogens is 1. The lowest BCUT2D eigenvalue weighted by Gasteiger charge is -2.06. The molecule has 0 unspecified atom stereocenters. The number of nitrogens with two attached hydrogens (primary N) is 1. The molecule has 2 rings (SSSR count). The Morgan fingerprint density at radius 1 is 1.53 bits per heavy atom. The van der Waals surface area contributed by atoms with Gasteiger partial charge in [-0.25, -0.2) is 4.98 Å². The van der Waals surface area contributed by atoms with Gasteiger partial charge in [-0.1, -0.05) is 0 Å². The van der Waals surface area contributed by atoms with Crippen LogP contribution in [0.2, 0.25) is 0 Å². The van der Waals surface area contributed by atoms with Crippen LogP contribution in [-0.4, -0.2) is 20.4 Å². The number of hydrogen-bond acceptors (Lipinski definition) is 3. The zero-order chi connectivity index (χ0) is 12.3. The number of rotatable bonds is 5. The average Bonchev–Trinajstić information content (AvgIpc) is 2.67. The molecule has 0 saturated heterocycles. The summed E-state index contributed by atoms with van der Waals surface area (Å²) >= 11 is 5.85. The monoisotopic (exact) mass is 252 g/mol. The Bertz CT molecular complexity index is 537. The van der Waals surface area contributed by atoms with Crippen molar-refractivity contribution in [1.29, 1.82) is 0 Å². The molecule has 0 spiro atoms. The van der Waals surface area contributed by atoms with Crippen molar-refractivity contribution in [3.63, 3.8) is 0 Å². The van der Waals surface area contributed by atoms with Crippen molar-refractivity contribution in [3.8, 4) is 0 Å². The van der Waals surface area contributed by atoms with Crippen LogP contribution in [-0.2, 0) is 17.2 Å². The number of imidazole rings is 1. The minimum atomic E-state index is -0.288. The summed E-state index contributed by atoms with van der Waals surface area (Å²) in [5.41, 5.74) is 6.92. The number of alkyl halides is 1. The highest BCUT2D eigenvalue weighted by Gasteiger charge is 2.09. The van der Waals surface area contributed by atoms with Gasteiger partial charge in [-0.15, -0.1) is 11.6 Å². The number of fused-ring (bicyclic) bond motifs is 1. The summed E-state index contributed by atoms with van der Waals surface area (Å²) in [7, 11) is 0. The number of nitrogens with zero attached hydrogens (tertiary/aromatic N) is 3. The van der Waals surface area contributed by atoms with Crippen molar-refractivity contribution in [2.75, 3.05) is 0 Å². The molecule has 0 atom stereocenters. The normalized spacial score (nSPS) is 10.9. The molecule has 0 aliphatic rings. The summed E-state index contributed by atoms with van der Waals surface area (Å²) in [6.45, 7) is 0.686. The summed E-state index contributed by atoms with van der Waals surface area (Å²) in [4.78, 5) is 19.1. The van der Waals surface area contributed by atoms with Crippen LogP contribution in [0.3, 0.4) is 0 Å². The maximum atomic E-state index is 10.7. The standard InChI is InChI=1S/C11H13ClN4O/c12-6-11-15-8-7-14-4-3-9(8)16(11)5-1-2-10(13)17/h3-4,7H,1-2,5-6H2,(H2,13,17). The van der Waals surface area contributed by atoms with E-state index in [9.17, 15) is 4.79 Å². The number of hydrogen-bond donors (Lipinski definition) is 1. The maximum Gasteiger partial charge on any atom is 0.217 e. The smallest absolute Gasteiger partial charge is 0.217 e. The maximum absolute atomic E-state index is 10.7. The topological polar surface area (TPSA) is 73.8 Å². The third kappa shape index (κ3) is 2.55. The van der Waals surface area contributed by atoms with Crippen LogP contribution in [0.5, 0.6) is 0 Å². The minimum absolute atomic E-state index is 0.288. The van der Waals surface area contributed by atoms with E-state index < -0.39 is 0 Å². The second-order valence-electron chi connectivity index (χ2n) is 3.75. The molecule has 0 aromatic carbocycles. The van der Waals surface area contributed by atoms with Crippen molar-refractivity contribution in [2.24, 2.45) is 5.73 Å². The molecule has 0 fully saturated rings. The van der Waals surface area contributed by atoms with Gasteiger partial charge in [0.1, 0.15) is 11.3 Å². The van der Waals surface area contributed by atoms with Crippen LogP contribution in [0, 0.1) is 0 Å². The van der Waals surface area contributed by atoms with E-state index in [4.69, 9.17) is 17.3 Å². The van der Waals surface area contributed by atoms with E-state index in [2.05, 4.69) is 9.97 Å². The lowest BCUT2D eigenvalue weighted by atomic mass is 10.3. The van der Waals surface area contributed by atoms with Crippen LogP contribution < -0.4 is 5.73 Å². The molecule has 17 heavy (non-hydrogen) atoms. The fourth-order valence-electron chi connectivity index (χ4n) is 1.79. The number of pyridine rings is 1. The Balaban J connectivity index is 2.27. The molecule has 2 heterocycles. The number of carbonyl (C=O) groups is 1. The van der Waals surface area contributed by atoms with Gasteiger partial charge in [0.05, 0.1) is 17.6 Å². The Labute approximate surface area is 104 Å². The van der Waals surface area contributed by atoms with Gasteiger partial charge in [-0.3, -0.25) is 9.78 Å². The summed E-state index contributed by atoms with van der Waals surface area (Å²) in [6, 6.07) is 1.89. The highest BCUT2D eigenvalue weighted by atomic mass is 35.5. The van der Waals surface area contributed by atoms with Gasteiger partial charge in [0.2, 0.25) is 5.91 Å². The second kappa shape index (κ2) is 5.14. The van der Waals surface area contributed by atoms with Crippen molar-refractivity contribution in [1.82, 2.24) is 14.5 Å². The second-order valence-corrected chi connectivity index (χ2v) is 4.01. The van der Waals surface area contributed by atoms with Crippen molar-refractivity contribution in [2.45, 2.75) is 25.3 Å². The first-order chi connectivity index (χ1) is 8.22. The van der Waals surface area contributed by atoms with Gasteiger partial charge in [0, 0.05) is 19.2 Å². The molecule has 1 amide bonds. The van der Waals surface area contributed by atoms with Gasteiger partial charge < -0.3 is 10.3 Å². The highest BCUT2D eigenvalue weighted by molar-refractivity contribution is 6.16. The first-order valence-electron chi connectivity index (χ1n) is 5.35. The van der Waals surface area contributed by atoms with Crippen LogP contribution in [0.4, 0.5) is 0 Å². The van der Waals surface area contributed by atoms with Gasteiger partial charge in [-0.05, 0) is 12.5 Å². The van der Waals surface area contributed by atoms with Gasteiger partial charge in [0.25, 0.3) is 0 Å². The first-order valence-corrected chi connectivity index (χ1v) is 5.89. The fraction of sp³-hybridized carbons (Fsp3) is 0.364. The molecule has 2 aromatic heterocycles. The van der Waals surface area contributed by atoms with Gasteiger partial charge >= 0.3 is 0 Å². The largest absolute Gasteiger partial charge is 0.370 e. The minimum Gasteiger partial charge on any atom is -0.370 e. The molecule has 0 radical (unpaired) electrons. The quantitative estimate of drug-likeness (QED) is 0.819. The number of carbonyl (C=O) groups excluding carboxylic acids is 1. The van der Waals surface area contributed by atoms with E-state index in [1.807, 2.05) is 10.6 Å². The molecule has 0 saturated carbocycles. The molecule has 6 heteroatoms. The predicted octanol–water partition coefficient (Wildman–Crippen LogP) is 1.44. The van der Waals surface area contributed by atoms with Crippen molar-refractivity contribution >= 4 is 28.5 Å². The molecular formula is C11H13ClN4O. The van der Waals surface area contributed by atoms with E-state index in [0.717, 1.165) is 16.9 Å². The van der Waals surface area contributed by atoms with E-state index in [1.165, 1.54) is 0 Å². The summed E-state index contributed by atoms with van der Waals surface area (Å²) in [5.74, 6) is 0.841. The summed E-state index contributed by atoms with van der Waals surface area (Å²) < 4.78 is 2.01. The molecule has 2 aromatic rings. The first kappa shape index (κ1) is 11.9. The third-order valence-electron chi connectivity index (χ3n) is 2.55. The Morgan fingerprint density at radius 2 is 2.35 bits per heavy atom. The molecule has 0 aliphatic heterocycles. The third-order valence-corrected chi connectivity index (χ3v) is 2.79. The number of primary amides is 1. The van der Waals surface area contributed by atoms with Gasteiger partial charge in [0.15, 0.2) is 0 Å². The van der Waals surface area contributed by atoms with E-state index >= 15 is 0 Å². The van der Waals surface area contributed by atoms with Crippen molar-refractivity contribution < 1.29 is 4.79 Å². The number of aryl methyl sites for hydroxylation is 1. The highest BCUT2D eigenvalue weighted by Crippen LogP contribution is 2.17. The number of aromatic nitrogens is 3. The SMILES string of the molecule is NC(=O)CCCn1c(CCl)nc2cnccc21. The van der Waals surface area contributed by atoms with E-state index in [1.54, 1.807) is 12.4 Å². The summed E-state index contributed by atoms with van der Waals surface area (Å²) in [6.07, 6.45) is 4.47. The van der Waals surface area contributed by atoms with Crippen LogP contribution in [0.1, 0.15) is 18.7 Å². The molecule has 0 bridgehead atoms. The van der Waals surface area contributed by atoms with Crippen molar-refractivity contribution in [3.05, 3.63) is 24.3 Å². The molecule has 5 nitrogen and oxygen atoms in total. The van der Waals surface area contributed by atoms with E-state index in [-0.39, 0.29) is 5.91 Å². The Morgan fingerprint density at radius 3 is 3.06 bits per heavy atom. The van der Waals surface area contributed by atoms with Crippen LogP contribution >= 0.6 is 11.6 Å². The zero-order valence-electron chi connectivity index (χ0n) is 9.27. The lowest BCUT2D eigenvalue weighted by Crippen LogP contribution is -2.12. The Hall–Kier alpha value is -1.62. The summed E-state index contributed by atoms with van der Waals surface area (Å²) in [5, 5.41) is 0. The lowest BCUT2D eigenvalue weighted by molar-refractivity contribution is -0.118.